The summed E-state index contributed by atoms with van der Waals surface area (Å²) in [6.45, 7) is 6.30. The number of carbonyl (C=O) groups is 1. The molecule has 0 spiro atoms. The number of aliphatic hydroxyl groups is 1. The van der Waals surface area contributed by atoms with Gasteiger partial charge in [0.25, 0.3) is 0 Å². The van der Waals surface area contributed by atoms with Gasteiger partial charge in [-0.05, 0) is 32.6 Å². The lowest BCUT2D eigenvalue weighted by Crippen LogP contribution is -2.40. The molecule has 0 bridgehead atoms. The molecule has 2 N–H and O–H groups in total. The molecule has 3 heteroatoms. The Morgan fingerprint density at radius 3 is 1.90 bits per heavy atom. The zero-order chi connectivity index (χ0) is 22.3. The Bertz CT molecular complexity index is 631. The Morgan fingerprint density at radius 1 is 0.800 bits per heavy atom. The zero-order valence-corrected chi connectivity index (χ0v) is 19.1. The Labute approximate surface area is 184 Å². The van der Waals surface area contributed by atoms with Gasteiger partial charge in [-0.25, -0.2) is 0 Å². The Kier molecular flexibility index (Phi) is 18.3. The van der Waals surface area contributed by atoms with Crippen molar-refractivity contribution in [3.63, 3.8) is 0 Å². The maximum atomic E-state index is 11.8. The SMILES string of the molecule is CCC=CC=CC=CC=CCCC=CC=CC=CC(=O)NCC(C)(O)CCCCC. The van der Waals surface area contributed by atoms with E-state index in [0.717, 1.165) is 38.5 Å². The second-order valence-electron chi connectivity index (χ2n) is 7.46. The van der Waals surface area contributed by atoms with Crippen molar-refractivity contribution in [1.82, 2.24) is 5.32 Å². The van der Waals surface area contributed by atoms with E-state index in [1.165, 1.54) is 6.08 Å². The molecule has 0 aromatic rings. The van der Waals surface area contributed by atoms with Crippen LogP contribution in [0.2, 0.25) is 0 Å². The fraction of sp³-hybridized carbons (Fsp3) is 0.444. The number of unbranched alkanes of at least 4 members (excludes halogenated alkanes) is 3. The van der Waals surface area contributed by atoms with E-state index in [-0.39, 0.29) is 12.5 Å². The van der Waals surface area contributed by atoms with Crippen LogP contribution >= 0.6 is 0 Å². The number of hydrogen-bond donors (Lipinski definition) is 2. The van der Waals surface area contributed by atoms with Gasteiger partial charge in [0.15, 0.2) is 0 Å². The van der Waals surface area contributed by atoms with Crippen LogP contribution in [-0.4, -0.2) is 23.2 Å². The van der Waals surface area contributed by atoms with Gasteiger partial charge in [-0.2, -0.15) is 0 Å². The predicted molar refractivity (Wildman–Crippen MR) is 131 cm³/mol. The molecule has 0 radical (unpaired) electrons. The maximum absolute atomic E-state index is 11.8. The summed E-state index contributed by atoms with van der Waals surface area (Å²) in [6.07, 6.45) is 34.4. The molecule has 0 saturated carbocycles. The second-order valence-corrected chi connectivity index (χ2v) is 7.46. The van der Waals surface area contributed by atoms with Crippen molar-refractivity contribution in [2.75, 3.05) is 6.54 Å². The van der Waals surface area contributed by atoms with Crippen LogP contribution in [-0.2, 0) is 4.79 Å². The summed E-state index contributed by atoms with van der Waals surface area (Å²) in [7, 11) is 0. The maximum Gasteiger partial charge on any atom is 0.244 e. The van der Waals surface area contributed by atoms with Crippen molar-refractivity contribution in [3.05, 3.63) is 85.1 Å². The standard InChI is InChI=1S/C27H41NO2/c1-4-6-8-9-10-11-12-13-14-15-16-17-18-19-20-21-23-26(29)28-25-27(3,30)24-22-7-5-2/h6,8-14,17-21,23,30H,4-5,7,15-16,22,24-25H2,1-3H3,(H,28,29). The molecule has 0 saturated heterocycles. The van der Waals surface area contributed by atoms with E-state index in [4.69, 9.17) is 0 Å². The summed E-state index contributed by atoms with van der Waals surface area (Å²) in [6, 6.07) is 0. The van der Waals surface area contributed by atoms with E-state index in [9.17, 15) is 9.90 Å². The van der Waals surface area contributed by atoms with Crippen molar-refractivity contribution >= 4 is 5.91 Å². The predicted octanol–water partition coefficient (Wildman–Crippen LogP) is 6.52. The van der Waals surface area contributed by atoms with E-state index in [1.807, 2.05) is 48.6 Å². The average molecular weight is 412 g/mol. The molecule has 30 heavy (non-hydrogen) atoms. The van der Waals surface area contributed by atoms with Gasteiger partial charge >= 0.3 is 0 Å². The molecular weight excluding hydrogens is 370 g/mol. The van der Waals surface area contributed by atoms with E-state index in [1.54, 1.807) is 13.0 Å². The highest BCUT2D eigenvalue weighted by molar-refractivity contribution is 5.87. The first kappa shape index (κ1) is 27.6. The first-order chi connectivity index (χ1) is 14.5. The van der Waals surface area contributed by atoms with Crippen LogP contribution in [0.3, 0.4) is 0 Å². The molecule has 3 nitrogen and oxygen atoms in total. The number of carbonyl (C=O) groups excluding carboxylic acids is 1. The molecule has 0 aromatic carbocycles. The molecule has 0 heterocycles. The largest absolute Gasteiger partial charge is 0.388 e. The minimum Gasteiger partial charge on any atom is -0.388 e. The Morgan fingerprint density at radius 2 is 1.33 bits per heavy atom. The summed E-state index contributed by atoms with van der Waals surface area (Å²) in [4.78, 5) is 11.8. The third kappa shape index (κ3) is 20.3. The van der Waals surface area contributed by atoms with Gasteiger partial charge < -0.3 is 10.4 Å². The summed E-state index contributed by atoms with van der Waals surface area (Å²) in [5, 5.41) is 13.0. The summed E-state index contributed by atoms with van der Waals surface area (Å²) >= 11 is 0. The molecule has 0 aliphatic rings. The fourth-order valence-corrected chi connectivity index (χ4v) is 2.47. The highest BCUT2D eigenvalue weighted by atomic mass is 16.3. The molecule has 1 amide bonds. The highest BCUT2D eigenvalue weighted by Crippen LogP contribution is 2.13. The van der Waals surface area contributed by atoms with Gasteiger partial charge in [-0.15, -0.1) is 0 Å². The molecule has 0 rings (SSSR count). The molecule has 0 aliphatic heterocycles. The highest BCUT2D eigenvalue weighted by Gasteiger charge is 2.19. The van der Waals surface area contributed by atoms with Crippen molar-refractivity contribution in [3.8, 4) is 0 Å². The van der Waals surface area contributed by atoms with Crippen molar-refractivity contribution < 1.29 is 9.90 Å². The van der Waals surface area contributed by atoms with Gasteiger partial charge in [0.2, 0.25) is 5.91 Å². The number of amides is 1. The third-order valence-electron chi connectivity index (χ3n) is 4.24. The van der Waals surface area contributed by atoms with E-state index in [2.05, 4.69) is 43.5 Å². The first-order valence-electron chi connectivity index (χ1n) is 11.2. The molecule has 1 unspecified atom stereocenters. The van der Waals surface area contributed by atoms with Crippen molar-refractivity contribution in [2.24, 2.45) is 0 Å². The number of rotatable bonds is 16. The minimum absolute atomic E-state index is 0.186. The van der Waals surface area contributed by atoms with Crippen LogP contribution in [0.1, 0.15) is 65.7 Å². The molecule has 166 valence electrons. The molecule has 0 aromatic heterocycles. The van der Waals surface area contributed by atoms with Crippen LogP contribution in [0.15, 0.2) is 85.1 Å². The molecule has 0 fully saturated rings. The molecule has 1 atom stereocenters. The normalized spacial score (nSPS) is 15.2. The van der Waals surface area contributed by atoms with Crippen LogP contribution in [0.5, 0.6) is 0 Å². The van der Waals surface area contributed by atoms with E-state index in [0.29, 0.717) is 6.42 Å². The Balaban J connectivity index is 3.91. The third-order valence-corrected chi connectivity index (χ3v) is 4.24. The van der Waals surface area contributed by atoms with Gasteiger partial charge in [0.1, 0.15) is 0 Å². The average Bonchev–Trinajstić information content (AvgIpc) is 2.72. The van der Waals surface area contributed by atoms with Gasteiger partial charge in [-0.3, -0.25) is 4.79 Å². The second kappa shape index (κ2) is 19.9. The topological polar surface area (TPSA) is 49.3 Å². The summed E-state index contributed by atoms with van der Waals surface area (Å²) in [5.74, 6) is -0.186. The van der Waals surface area contributed by atoms with Crippen molar-refractivity contribution in [1.29, 1.82) is 0 Å². The smallest absolute Gasteiger partial charge is 0.244 e. The number of hydrogen-bond acceptors (Lipinski definition) is 2. The lowest BCUT2D eigenvalue weighted by Gasteiger charge is -2.23. The van der Waals surface area contributed by atoms with E-state index < -0.39 is 5.60 Å². The molecule has 0 aliphatic carbocycles. The first-order valence-corrected chi connectivity index (χ1v) is 11.2. The quantitative estimate of drug-likeness (QED) is 0.173. The van der Waals surface area contributed by atoms with Gasteiger partial charge in [-0.1, -0.05) is 112 Å². The number of nitrogens with one attached hydrogen (secondary N) is 1. The lowest BCUT2D eigenvalue weighted by molar-refractivity contribution is -0.117. The van der Waals surface area contributed by atoms with Gasteiger partial charge in [0, 0.05) is 12.6 Å². The molecular formula is C27H41NO2. The van der Waals surface area contributed by atoms with Crippen LogP contribution < -0.4 is 5.32 Å². The van der Waals surface area contributed by atoms with Crippen molar-refractivity contribution in [2.45, 2.75) is 71.3 Å². The number of allylic oxidation sites excluding steroid dienone is 13. The van der Waals surface area contributed by atoms with Gasteiger partial charge in [0.05, 0.1) is 5.60 Å². The minimum atomic E-state index is -0.843. The summed E-state index contributed by atoms with van der Waals surface area (Å²) < 4.78 is 0. The van der Waals surface area contributed by atoms with Crippen LogP contribution in [0, 0.1) is 0 Å². The fourth-order valence-electron chi connectivity index (χ4n) is 2.47. The zero-order valence-electron chi connectivity index (χ0n) is 19.1. The lowest BCUT2D eigenvalue weighted by atomic mass is 9.98. The van der Waals surface area contributed by atoms with E-state index >= 15 is 0 Å². The van der Waals surface area contributed by atoms with Crippen LogP contribution in [0.4, 0.5) is 0 Å². The monoisotopic (exact) mass is 411 g/mol. The van der Waals surface area contributed by atoms with Crippen LogP contribution in [0.25, 0.3) is 0 Å². The summed E-state index contributed by atoms with van der Waals surface area (Å²) in [5.41, 5.74) is -0.843. The Hall–Kier alpha value is -2.39.